The molecule has 3 aliphatic rings. The van der Waals surface area contributed by atoms with Gasteiger partial charge in [-0.1, -0.05) is 0 Å². The first-order chi connectivity index (χ1) is 11.6. The first kappa shape index (κ1) is 15.2. The van der Waals surface area contributed by atoms with Crippen molar-refractivity contribution in [2.24, 2.45) is 23.7 Å². The first-order valence-corrected chi connectivity index (χ1v) is 8.37. The summed E-state index contributed by atoms with van der Waals surface area (Å²) in [4.78, 5) is 38.0. The van der Waals surface area contributed by atoms with E-state index in [0.29, 0.717) is 17.4 Å². The largest absolute Gasteiger partial charge is 0.465 e. The van der Waals surface area contributed by atoms with Crippen LogP contribution in [0.1, 0.15) is 29.6 Å². The zero-order valence-electron chi connectivity index (χ0n) is 13.5. The summed E-state index contributed by atoms with van der Waals surface area (Å²) in [5.74, 6) is 0.211. The van der Waals surface area contributed by atoms with Crippen molar-refractivity contribution in [2.45, 2.75) is 19.3 Å². The standard InChI is InChI=1S/C18H20N2O4/c1-24-18(23)10-4-6-13(7-5-10)19-9-20-16(21)14-11-2-3-12(8-11)15(14)17(20)22/h4-7,11-12,14-15,19H,2-3,8-9H2,1H3/t11-,12+,14-,15+. The number of imide groups is 1. The molecule has 0 aromatic heterocycles. The van der Waals surface area contributed by atoms with E-state index in [4.69, 9.17) is 0 Å². The summed E-state index contributed by atoms with van der Waals surface area (Å²) in [7, 11) is 1.34. The van der Waals surface area contributed by atoms with Gasteiger partial charge in [-0.3, -0.25) is 14.5 Å². The van der Waals surface area contributed by atoms with E-state index in [1.165, 1.54) is 12.0 Å². The predicted octanol–water partition coefficient (Wildman–Crippen LogP) is 1.87. The monoisotopic (exact) mass is 328 g/mol. The summed E-state index contributed by atoms with van der Waals surface area (Å²) in [6, 6.07) is 6.77. The zero-order valence-corrected chi connectivity index (χ0v) is 13.5. The van der Waals surface area contributed by atoms with E-state index in [2.05, 4.69) is 10.1 Å². The van der Waals surface area contributed by atoms with E-state index in [1.807, 2.05) is 0 Å². The maximum atomic E-state index is 12.6. The molecule has 2 bridgehead atoms. The van der Waals surface area contributed by atoms with E-state index in [0.717, 1.165) is 24.9 Å². The second-order valence-corrected chi connectivity index (χ2v) is 6.89. The van der Waals surface area contributed by atoms with Gasteiger partial charge in [0.2, 0.25) is 11.8 Å². The van der Waals surface area contributed by atoms with Crippen LogP contribution >= 0.6 is 0 Å². The molecule has 126 valence electrons. The molecule has 1 heterocycles. The molecule has 2 aliphatic carbocycles. The van der Waals surface area contributed by atoms with Crippen LogP contribution in [0.15, 0.2) is 24.3 Å². The number of ether oxygens (including phenoxy) is 1. The number of nitrogens with zero attached hydrogens (tertiary/aromatic N) is 1. The summed E-state index contributed by atoms with van der Waals surface area (Å²) in [6.07, 6.45) is 3.21. The molecule has 3 fully saturated rings. The lowest BCUT2D eigenvalue weighted by Crippen LogP contribution is -2.36. The third-order valence-corrected chi connectivity index (χ3v) is 5.77. The lowest BCUT2D eigenvalue weighted by atomic mass is 9.81. The Hall–Kier alpha value is -2.37. The van der Waals surface area contributed by atoms with Crippen molar-refractivity contribution in [3.63, 3.8) is 0 Å². The smallest absolute Gasteiger partial charge is 0.337 e. The Morgan fingerprint density at radius 2 is 1.71 bits per heavy atom. The van der Waals surface area contributed by atoms with Crippen molar-refractivity contribution in [2.75, 3.05) is 19.1 Å². The number of benzene rings is 1. The third-order valence-electron chi connectivity index (χ3n) is 5.77. The van der Waals surface area contributed by atoms with E-state index >= 15 is 0 Å². The highest BCUT2D eigenvalue weighted by Crippen LogP contribution is 2.55. The molecule has 1 aliphatic heterocycles. The number of carbonyl (C=O) groups excluding carboxylic acids is 3. The molecular formula is C18H20N2O4. The number of anilines is 1. The average molecular weight is 328 g/mol. The fourth-order valence-electron chi connectivity index (χ4n) is 4.64. The molecule has 1 aromatic carbocycles. The number of hydrogen-bond acceptors (Lipinski definition) is 5. The molecule has 1 N–H and O–H groups in total. The van der Waals surface area contributed by atoms with Crippen LogP contribution in [0.5, 0.6) is 0 Å². The van der Waals surface area contributed by atoms with Gasteiger partial charge in [0.1, 0.15) is 0 Å². The Bertz CT molecular complexity index is 671. The van der Waals surface area contributed by atoms with Gasteiger partial charge in [-0.15, -0.1) is 0 Å². The Kier molecular flexibility index (Phi) is 3.55. The summed E-state index contributed by atoms with van der Waals surface area (Å²) >= 11 is 0. The molecule has 4 rings (SSSR count). The fraction of sp³-hybridized carbons (Fsp3) is 0.500. The van der Waals surface area contributed by atoms with Crippen molar-refractivity contribution in [3.05, 3.63) is 29.8 Å². The van der Waals surface area contributed by atoms with E-state index < -0.39 is 5.97 Å². The number of carbonyl (C=O) groups is 3. The first-order valence-electron chi connectivity index (χ1n) is 8.37. The molecule has 4 atom stereocenters. The minimum atomic E-state index is -0.394. The highest BCUT2D eigenvalue weighted by Gasteiger charge is 2.60. The summed E-state index contributed by atoms with van der Waals surface area (Å²) in [5.41, 5.74) is 1.21. The lowest BCUT2D eigenvalue weighted by Gasteiger charge is -2.19. The van der Waals surface area contributed by atoms with Crippen molar-refractivity contribution < 1.29 is 19.1 Å². The maximum absolute atomic E-state index is 12.6. The molecule has 0 unspecified atom stereocenters. The van der Waals surface area contributed by atoms with Gasteiger partial charge in [0.15, 0.2) is 0 Å². The molecule has 6 heteroatoms. The van der Waals surface area contributed by atoms with Gasteiger partial charge >= 0.3 is 5.97 Å². The molecular weight excluding hydrogens is 308 g/mol. The normalized spacial score (nSPS) is 30.6. The van der Waals surface area contributed by atoms with Crippen molar-refractivity contribution in [3.8, 4) is 0 Å². The summed E-state index contributed by atoms with van der Waals surface area (Å²) in [5, 5.41) is 3.10. The number of esters is 1. The van der Waals surface area contributed by atoms with Gasteiger partial charge in [-0.25, -0.2) is 4.79 Å². The van der Waals surface area contributed by atoms with Crippen LogP contribution in [0, 0.1) is 23.7 Å². The SMILES string of the molecule is COC(=O)c1ccc(NCN2C(=O)[C@@H]3[C@@H]4CC[C@@H](C4)[C@@H]3C2=O)cc1. The van der Waals surface area contributed by atoms with Crippen molar-refractivity contribution >= 4 is 23.5 Å². The van der Waals surface area contributed by atoms with Crippen LogP contribution < -0.4 is 5.32 Å². The quantitative estimate of drug-likeness (QED) is 0.674. The van der Waals surface area contributed by atoms with Crippen LogP contribution in [0.25, 0.3) is 0 Å². The van der Waals surface area contributed by atoms with Gasteiger partial charge in [0.05, 0.1) is 31.2 Å². The zero-order chi connectivity index (χ0) is 16.8. The molecule has 1 saturated heterocycles. The van der Waals surface area contributed by atoms with Gasteiger partial charge in [0, 0.05) is 5.69 Å². The Morgan fingerprint density at radius 1 is 1.12 bits per heavy atom. The van der Waals surface area contributed by atoms with Crippen LogP contribution in [-0.4, -0.2) is 36.5 Å². The minimum Gasteiger partial charge on any atom is -0.465 e. The topological polar surface area (TPSA) is 75.7 Å². The molecule has 0 spiro atoms. The van der Waals surface area contributed by atoms with Crippen LogP contribution in [-0.2, 0) is 14.3 Å². The molecule has 2 saturated carbocycles. The Balaban J connectivity index is 1.42. The van der Waals surface area contributed by atoms with Crippen LogP contribution in [0.4, 0.5) is 5.69 Å². The highest BCUT2D eigenvalue weighted by molar-refractivity contribution is 6.06. The van der Waals surface area contributed by atoms with E-state index in [1.54, 1.807) is 24.3 Å². The average Bonchev–Trinajstić information content (AvgIpc) is 3.28. The number of methoxy groups -OCH3 is 1. The van der Waals surface area contributed by atoms with Crippen LogP contribution in [0.3, 0.4) is 0 Å². The van der Waals surface area contributed by atoms with Crippen molar-refractivity contribution in [1.29, 1.82) is 0 Å². The molecule has 1 aromatic rings. The van der Waals surface area contributed by atoms with E-state index in [-0.39, 0.29) is 30.3 Å². The number of amides is 2. The number of rotatable bonds is 4. The molecule has 24 heavy (non-hydrogen) atoms. The van der Waals surface area contributed by atoms with Gasteiger partial charge in [-0.05, 0) is 55.4 Å². The second kappa shape index (κ2) is 5.61. The van der Waals surface area contributed by atoms with Crippen molar-refractivity contribution in [1.82, 2.24) is 4.90 Å². The lowest BCUT2D eigenvalue weighted by molar-refractivity contribution is -0.140. The van der Waals surface area contributed by atoms with E-state index in [9.17, 15) is 14.4 Å². The van der Waals surface area contributed by atoms with Gasteiger partial charge in [0.25, 0.3) is 0 Å². The fourth-order valence-corrected chi connectivity index (χ4v) is 4.64. The number of fused-ring (bicyclic) bond motifs is 5. The predicted molar refractivity (Wildman–Crippen MR) is 85.9 cm³/mol. The van der Waals surface area contributed by atoms with Gasteiger partial charge in [-0.2, -0.15) is 0 Å². The maximum Gasteiger partial charge on any atom is 0.337 e. The molecule has 2 amide bonds. The molecule has 6 nitrogen and oxygen atoms in total. The Morgan fingerprint density at radius 3 is 2.25 bits per heavy atom. The number of likely N-dealkylation sites (tertiary alicyclic amines) is 1. The third kappa shape index (κ3) is 2.20. The summed E-state index contributed by atoms with van der Waals surface area (Å²) in [6.45, 7) is 0.182. The Labute approximate surface area is 140 Å². The molecule has 0 radical (unpaired) electrons. The highest BCUT2D eigenvalue weighted by atomic mass is 16.5. The van der Waals surface area contributed by atoms with Gasteiger partial charge < -0.3 is 10.1 Å². The summed E-state index contributed by atoms with van der Waals surface area (Å²) < 4.78 is 4.66. The number of nitrogens with one attached hydrogen (secondary N) is 1. The van der Waals surface area contributed by atoms with Crippen LogP contribution in [0.2, 0.25) is 0 Å². The second-order valence-electron chi connectivity index (χ2n) is 6.89. The minimum absolute atomic E-state index is 0.0177. The number of hydrogen-bond donors (Lipinski definition) is 1.